The molecule has 1 aromatic rings. The van der Waals surface area contributed by atoms with Crippen molar-refractivity contribution in [3.8, 4) is 0 Å². The molecule has 0 bridgehead atoms. The lowest BCUT2D eigenvalue weighted by Gasteiger charge is -2.26. The molecule has 0 saturated carbocycles. The maximum atomic E-state index is 3.68. The van der Waals surface area contributed by atoms with E-state index in [0.29, 0.717) is 6.04 Å². The maximum absolute atomic E-state index is 3.68. The molecule has 0 amide bonds. The Morgan fingerprint density at radius 1 is 1.41 bits per heavy atom. The fourth-order valence-corrected chi connectivity index (χ4v) is 4.11. The highest BCUT2D eigenvalue weighted by Gasteiger charge is 2.27. The zero-order chi connectivity index (χ0) is 12.3. The minimum atomic E-state index is 0.535. The van der Waals surface area contributed by atoms with Gasteiger partial charge in [0.2, 0.25) is 0 Å². The van der Waals surface area contributed by atoms with Gasteiger partial charge >= 0.3 is 0 Å². The van der Waals surface area contributed by atoms with Crippen molar-refractivity contribution in [3.63, 3.8) is 0 Å². The minimum Gasteiger partial charge on any atom is -0.309 e. The van der Waals surface area contributed by atoms with Gasteiger partial charge in [0.1, 0.15) is 0 Å². The van der Waals surface area contributed by atoms with Crippen LogP contribution in [0, 0.1) is 13.8 Å². The first kappa shape index (κ1) is 13.0. The monoisotopic (exact) mass is 249 g/mol. The van der Waals surface area contributed by atoms with E-state index in [0.717, 1.165) is 11.8 Å². The molecule has 2 heteroatoms. The van der Waals surface area contributed by atoms with E-state index >= 15 is 0 Å². The zero-order valence-electron chi connectivity index (χ0n) is 11.1. The van der Waals surface area contributed by atoms with Crippen molar-refractivity contribution in [1.82, 2.24) is 5.32 Å². The molecular weight excluding hydrogens is 226 g/mol. The molecule has 1 aromatic carbocycles. The summed E-state index contributed by atoms with van der Waals surface area (Å²) in [7, 11) is 0. The van der Waals surface area contributed by atoms with Gasteiger partial charge in [-0.1, -0.05) is 30.7 Å². The first-order chi connectivity index (χ1) is 8.22. The molecule has 1 aliphatic heterocycles. The first-order valence-electron chi connectivity index (χ1n) is 6.64. The predicted octanol–water partition coefficient (Wildman–Crippen LogP) is 3.85. The quantitative estimate of drug-likeness (QED) is 0.870. The summed E-state index contributed by atoms with van der Waals surface area (Å²) in [5.74, 6) is 1.33. The molecule has 0 radical (unpaired) electrons. The summed E-state index contributed by atoms with van der Waals surface area (Å²) in [5.41, 5.74) is 4.29. The molecule has 0 aliphatic carbocycles. The van der Waals surface area contributed by atoms with Crippen LogP contribution in [-0.4, -0.2) is 17.5 Å². The maximum Gasteiger partial charge on any atom is 0.0443 e. The Morgan fingerprint density at radius 3 is 2.82 bits per heavy atom. The molecule has 1 heterocycles. The van der Waals surface area contributed by atoms with E-state index in [1.807, 2.05) is 0 Å². The lowest BCUT2D eigenvalue weighted by atomic mass is 9.95. The van der Waals surface area contributed by atoms with E-state index < -0.39 is 0 Å². The Balaban J connectivity index is 2.24. The number of aryl methyl sites for hydroxylation is 2. The largest absolute Gasteiger partial charge is 0.309 e. The number of hydrogen-bond acceptors (Lipinski definition) is 2. The Morgan fingerprint density at radius 2 is 2.24 bits per heavy atom. The SMILES string of the molecule is CCNC(c1ccc(C)cc1C)C1CCCS1. The Labute approximate surface area is 109 Å². The van der Waals surface area contributed by atoms with Crippen LogP contribution >= 0.6 is 11.8 Å². The molecule has 17 heavy (non-hydrogen) atoms. The number of benzene rings is 1. The Hall–Kier alpha value is -0.470. The van der Waals surface area contributed by atoms with Gasteiger partial charge in [-0.15, -0.1) is 0 Å². The van der Waals surface area contributed by atoms with E-state index in [2.05, 4.69) is 56.0 Å². The van der Waals surface area contributed by atoms with Crippen LogP contribution in [0.1, 0.15) is 42.5 Å². The van der Waals surface area contributed by atoms with Gasteiger partial charge in [-0.05, 0) is 50.1 Å². The fourth-order valence-electron chi connectivity index (χ4n) is 2.70. The molecule has 1 saturated heterocycles. The van der Waals surface area contributed by atoms with Crippen LogP contribution in [0.2, 0.25) is 0 Å². The van der Waals surface area contributed by atoms with Gasteiger partial charge in [0.25, 0.3) is 0 Å². The third-order valence-corrected chi connectivity index (χ3v) is 4.98. The number of hydrogen-bond donors (Lipinski definition) is 1. The molecule has 2 rings (SSSR count). The Kier molecular flexibility index (Phi) is 4.52. The van der Waals surface area contributed by atoms with Gasteiger partial charge in [-0.25, -0.2) is 0 Å². The second-order valence-corrected chi connectivity index (χ2v) is 6.29. The van der Waals surface area contributed by atoms with Crippen LogP contribution in [0.25, 0.3) is 0 Å². The highest BCUT2D eigenvalue weighted by atomic mass is 32.2. The second-order valence-electron chi connectivity index (χ2n) is 4.95. The molecule has 1 aliphatic rings. The van der Waals surface area contributed by atoms with Crippen LogP contribution in [0.3, 0.4) is 0 Å². The van der Waals surface area contributed by atoms with Crippen molar-refractivity contribution < 1.29 is 0 Å². The van der Waals surface area contributed by atoms with Crippen LogP contribution in [-0.2, 0) is 0 Å². The molecule has 2 unspecified atom stereocenters. The van der Waals surface area contributed by atoms with Crippen LogP contribution in [0.15, 0.2) is 18.2 Å². The van der Waals surface area contributed by atoms with Gasteiger partial charge in [-0.2, -0.15) is 11.8 Å². The fraction of sp³-hybridized carbons (Fsp3) is 0.600. The second kappa shape index (κ2) is 5.92. The summed E-state index contributed by atoms with van der Waals surface area (Å²) < 4.78 is 0. The van der Waals surface area contributed by atoms with Crippen molar-refractivity contribution in [2.24, 2.45) is 0 Å². The van der Waals surface area contributed by atoms with Crippen molar-refractivity contribution in [2.75, 3.05) is 12.3 Å². The molecule has 1 fully saturated rings. The normalized spacial score (nSPS) is 21.7. The molecule has 2 atom stereocenters. The topological polar surface area (TPSA) is 12.0 Å². The van der Waals surface area contributed by atoms with E-state index in [1.165, 1.54) is 35.3 Å². The summed E-state index contributed by atoms with van der Waals surface area (Å²) in [6, 6.07) is 7.40. The Bertz CT molecular complexity index is 369. The number of thioether (sulfide) groups is 1. The van der Waals surface area contributed by atoms with Gasteiger partial charge < -0.3 is 5.32 Å². The average Bonchev–Trinajstić information content (AvgIpc) is 2.80. The summed E-state index contributed by atoms with van der Waals surface area (Å²) in [4.78, 5) is 0. The summed E-state index contributed by atoms with van der Waals surface area (Å²) in [6.07, 6.45) is 2.73. The third kappa shape index (κ3) is 3.05. The molecule has 94 valence electrons. The smallest absolute Gasteiger partial charge is 0.0443 e. The third-order valence-electron chi connectivity index (χ3n) is 3.52. The van der Waals surface area contributed by atoms with E-state index in [-0.39, 0.29) is 0 Å². The highest BCUT2D eigenvalue weighted by molar-refractivity contribution is 8.00. The minimum absolute atomic E-state index is 0.535. The molecule has 0 spiro atoms. The van der Waals surface area contributed by atoms with Crippen molar-refractivity contribution in [2.45, 2.75) is 44.9 Å². The highest BCUT2D eigenvalue weighted by Crippen LogP contribution is 2.37. The van der Waals surface area contributed by atoms with Gasteiger partial charge in [-0.3, -0.25) is 0 Å². The lowest BCUT2D eigenvalue weighted by Crippen LogP contribution is -2.29. The van der Waals surface area contributed by atoms with Gasteiger partial charge in [0, 0.05) is 11.3 Å². The average molecular weight is 249 g/mol. The first-order valence-corrected chi connectivity index (χ1v) is 7.69. The molecule has 1 nitrogen and oxygen atoms in total. The molecular formula is C15H23NS. The number of nitrogens with one attached hydrogen (secondary N) is 1. The molecule has 0 aromatic heterocycles. The van der Waals surface area contributed by atoms with Crippen molar-refractivity contribution in [1.29, 1.82) is 0 Å². The predicted molar refractivity (Wildman–Crippen MR) is 77.8 cm³/mol. The zero-order valence-corrected chi connectivity index (χ0v) is 11.9. The van der Waals surface area contributed by atoms with Gasteiger partial charge in [0.15, 0.2) is 0 Å². The summed E-state index contributed by atoms with van der Waals surface area (Å²) >= 11 is 2.14. The standard InChI is InChI=1S/C15H23NS/c1-4-16-15(14-6-5-9-17-14)13-8-7-11(2)10-12(13)3/h7-8,10,14-16H,4-6,9H2,1-3H3. The van der Waals surface area contributed by atoms with Crippen LogP contribution in [0.5, 0.6) is 0 Å². The summed E-state index contributed by atoms with van der Waals surface area (Å²) in [5, 5.41) is 4.44. The summed E-state index contributed by atoms with van der Waals surface area (Å²) in [6.45, 7) is 7.67. The van der Waals surface area contributed by atoms with E-state index in [4.69, 9.17) is 0 Å². The van der Waals surface area contributed by atoms with Crippen LogP contribution < -0.4 is 5.32 Å². The number of rotatable bonds is 4. The lowest BCUT2D eigenvalue weighted by molar-refractivity contribution is 0.517. The molecule has 1 N–H and O–H groups in total. The van der Waals surface area contributed by atoms with E-state index in [9.17, 15) is 0 Å². The van der Waals surface area contributed by atoms with Gasteiger partial charge in [0.05, 0.1) is 0 Å². The van der Waals surface area contributed by atoms with E-state index in [1.54, 1.807) is 0 Å². The van der Waals surface area contributed by atoms with Crippen LogP contribution in [0.4, 0.5) is 0 Å². The van der Waals surface area contributed by atoms with Crippen molar-refractivity contribution in [3.05, 3.63) is 34.9 Å². The van der Waals surface area contributed by atoms with Crippen molar-refractivity contribution >= 4 is 11.8 Å².